The molecule has 138 valence electrons. The molecule has 0 spiro atoms. The smallest absolute Gasteiger partial charge is 0.265 e. The first-order valence-corrected chi connectivity index (χ1v) is 9.81. The Hall–Kier alpha value is -2.80. The monoisotopic (exact) mass is 379 g/mol. The van der Waals surface area contributed by atoms with Crippen LogP contribution in [0, 0.1) is 13.8 Å². The zero-order valence-electron chi connectivity index (χ0n) is 15.4. The highest BCUT2D eigenvalue weighted by Gasteiger charge is 2.25. The summed E-state index contributed by atoms with van der Waals surface area (Å²) in [6, 6.07) is 14.0. The molecule has 1 aliphatic rings. The van der Waals surface area contributed by atoms with Crippen molar-refractivity contribution in [3.8, 4) is 11.3 Å². The molecule has 1 aliphatic heterocycles. The van der Waals surface area contributed by atoms with Crippen LogP contribution in [0.15, 0.2) is 42.5 Å². The Balaban J connectivity index is 1.40. The van der Waals surface area contributed by atoms with Gasteiger partial charge >= 0.3 is 0 Å². The fourth-order valence-electron chi connectivity index (χ4n) is 3.27. The number of aromatic nitrogens is 3. The highest BCUT2D eigenvalue weighted by molar-refractivity contribution is 7.13. The van der Waals surface area contributed by atoms with Crippen molar-refractivity contribution in [3.05, 3.63) is 58.0 Å². The standard InChI is InChI=1S/C20H21N5OS/c1-14-19(27-15(2)21-14)20(26)25-12-10-24(11-13-25)18-9-8-17(22-23-18)16-6-4-3-5-7-16/h3-9H,10-13H2,1-2H3. The first-order chi connectivity index (χ1) is 13.1. The lowest BCUT2D eigenvalue weighted by molar-refractivity contribution is 0.0750. The normalized spacial score (nSPS) is 14.4. The summed E-state index contributed by atoms with van der Waals surface area (Å²) in [5, 5.41) is 9.68. The van der Waals surface area contributed by atoms with Crippen LogP contribution >= 0.6 is 11.3 Å². The Bertz CT molecular complexity index is 931. The van der Waals surface area contributed by atoms with Crippen LogP contribution in [0.2, 0.25) is 0 Å². The lowest BCUT2D eigenvalue weighted by Crippen LogP contribution is -2.49. The number of carbonyl (C=O) groups excluding carboxylic acids is 1. The molecule has 0 bridgehead atoms. The third kappa shape index (κ3) is 3.68. The summed E-state index contributed by atoms with van der Waals surface area (Å²) in [6.45, 7) is 6.69. The number of nitrogens with zero attached hydrogens (tertiary/aromatic N) is 5. The maximum atomic E-state index is 12.7. The van der Waals surface area contributed by atoms with Gasteiger partial charge in [0.2, 0.25) is 0 Å². The van der Waals surface area contributed by atoms with Crippen molar-refractivity contribution in [1.29, 1.82) is 0 Å². The highest BCUT2D eigenvalue weighted by atomic mass is 32.1. The van der Waals surface area contributed by atoms with Gasteiger partial charge in [-0.05, 0) is 26.0 Å². The van der Waals surface area contributed by atoms with Gasteiger partial charge in [-0.3, -0.25) is 4.79 Å². The van der Waals surface area contributed by atoms with Crippen LogP contribution in [0.3, 0.4) is 0 Å². The Morgan fingerprint density at radius 1 is 0.963 bits per heavy atom. The van der Waals surface area contributed by atoms with Gasteiger partial charge in [0.25, 0.3) is 5.91 Å². The highest BCUT2D eigenvalue weighted by Crippen LogP contribution is 2.22. The number of anilines is 1. The van der Waals surface area contributed by atoms with E-state index in [-0.39, 0.29) is 5.91 Å². The zero-order chi connectivity index (χ0) is 18.8. The summed E-state index contributed by atoms with van der Waals surface area (Å²) in [5.74, 6) is 0.940. The second kappa shape index (κ2) is 7.44. The van der Waals surface area contributed by atoms with E-state index in [4.69, 9.17) is 0 Å². The van der Waals surface area contributed by atoms with Crippen molar-refractivity contribution in [2.24, 2.45) is 0 Å². The van der Waals surface area contributed by atoms with Gasteiger partial charge in [0.1, 0.15) is 4.88 Å². The maximum Gasteiger partial charge on any atom is 0.265 e. The van der Waals surface area contributed by atoms with E-state index in [0.717, 1.165) is 45.7 Å². The van der Waals surface area contributed by atoms with Crippen LogP contribution in [0.4, 0.5) is 5.82 Å². The van der Waals surface area contributed by atoms with Gasteiger partial charge in [0, 0.05) is 31.7 Å². The molecule has 7 heteroatoms. The number of thiazole rings is 1. The zero-order valence-corrected chi connectivity index (χ0v) is 16.2. The average Bonchev–Trinajstić information content (AvgIpc) is 3.06. The van der Waals surface area contributed by atoms with Gasteiger partial charge in [0.05, 0.1) is 16.4 Å². The molecule has 0 N–H and O–H groups in total. The summed E-state index contributed by atoms with van der Waals surface area (Å²) < 4.78 is 0. The molecule has 0 atom stereocenters. The van der Waals surface area contributed by atoms with E-state index in [1.54, 1.807) is 0 Å². The number of rotatable bonds is 3. The lowest BCUT2D eigenvalue weighted by Gasteiger charge is -2.35. The maximum absolute atomic E-state index is 12.7. The molecule has 3 aromatic rings. The van der Waals surface area contributed by atoms with Gasteiger partial charge in [-0.25, -0.2) is 4.98 Å². The van der Waals surface area contributed by atoms with Crippen molar-refractivity contribution < 1.29 is 4.79 Å². The molecule has 1 amide bonds. The van der Waals surface area contributed by atoms with Crippen molar-refractivity contribution in [3.63, 3.8) is 0 Å². The average molecular weight is 379 g/mol. The van der Waals surface area contributed by atoms with E-state index in [1.165, 1.54) is 11.3 Å². The summed E-state index contributed by atoms with van der Waals surface area (Å²) >= 11 is 1.47. The molecule has 1 fully saturated rings. The lowest BCUT2D eigenvalue weighted by atomic mass is 10.1. The molecule has 6 nitrogen and oxygen atoms in total. The minimum absolute atomic E-state index is 0.0864. The van der Waals surface area contributed by atoms with E-state index in [1.807, 2.05) is 61.2 Å². The van der Waals surface area contributed by atoms with Crippen molar-refractivity contribution in [1.82, 2.24) is 20.1 Å². The molecule has 1 aromatic carbocycles. The van der Waals surface area contributed by atoms with Gasteiger partial charge in [-0.2, -0.15) is 0 Å². The second-order valence-corrected chi connectivity index (χ2v) is 7.77. The molecular formula is C20H21N5OS. The van der Waals surface area contributed by atoms with E-state index >= 15 is 0 Å². The Morgan fingerprint density at radius 2 is 1.70 bits per heavy atom. The van der Waals surface area contributed by atoms with Crippen LogP contribution in [0.25, 0.3) is 11.3 Å². The number of benzene rings is 1. The Kier molecular flexibility index (Phi) is 4.85. The molecule has 3 heterocycles. The number of hydrogen-bond acceptors (Lipinski definition) is 6. The molecule has 0 aliphatic carbocycles. The van der Waals surface area contributed by atoms with Gasteiger partial charge in [-0.15, -0.1) is 21.5 Å². The predicted octanol–water partition coefficient (Wildman–Crippen LogP) is 3.18. The first kappa shape index (κ1) is 17.6. The molecule has 0 radical (unpaired) electrons. The number of hydrogen-bond donors (Lipinski definition) is 0. The number of carbonyl (C=O) groups is 1. The largest absolute Gasteiger partial charge is 0.352 e. The van der Waals surface area contributed by atoms with E-state index in [0.29, 0.717) is 13.1 Å². The SMILES string of the molecule is Cc1nc(C)c(C(=O)N2CCN(c3ccc(-c4ccccc4)nn3)CC2)s1. The van der Waals surface area contributed by atoms with Gasteiger partial charge in [-0.1, -0.05) is 30.3 Å². The summed E-state index contributed by atoms with van der Waals surface area (Å²) in [4.78, 5) is 21.9. The summed E-state index contributed by atoms with van der Waals surface area (Å²) in [7, 11) is 0. The minimum atomic E-state index is 0.0864. The summed E-state index contributed by atoms with van der Waals surface area (Å²) in [5.41, 5.74) is 2.75. The number of amides is 1. The molecule has 0 saturated carbocycles. The second-order valence-electron chi connectivity index (χ2n) is 6.57. The van der Waals surface area contributed by atoms with E-state index in [9.17, 15) is 4.79 Å². The topological polar surface area (TPSA) is 62.2 Å². The van der Waals surface area contributed by atoms with Crippen LogP contribution in [-0.2, 0) is 0 Å². The van der Waals surface area contributed by atoms with Crippen molar-refractivity contribution in [2.75, 3.05) is 31.1 Å². The summed E-state index contributed by atoms with van der Waals surface area (Å²) in [6.07, 6.45) is 0. The van der Waals surface area contributed by atoms with Crippen LogP contribution in [0.1, 0.15) is 20.4 Å². The quantitative estimate of drug-likeness (QED) is 0.699. The number of piperazine rings is 1. The Labute approximate surface area is 162 Å². The third-order valence-electron chi connectivity index (χ3n) is 4.71. The van der Waals surface area contributed by atoms with Crippen LogP contribution < -0.4 is 4.90 Å². The molecule has 1 saturated heterocycles. The fraction of sp³-hybridized carbons (Fsp3) is 0.300. The molecule has 4 rings (SSSR count). The Morgan fingerprint density at radius 3 is 2.30 bits per heavy atom. The third-order valence-corrected chi connectivity index (χ3v) is 5.77. The predicted molar refractivity (Wildman–Crippen MR) is 107 cm³/mol. The van der Waals surface area contributed by atoms with E-state index < -0.39 is 0 Å². The molecular weight excluding hydrogens is 358 g/mol. The van der Waals surface area contributed by atoms with Crippen molar-refractivity contribution >= 4 is 23.1 Å². The van der Waals surface area contributed by atoms with Crippen molar-refractivity contribution in [2.45, 2.75) is 13.8 Å². The molecule has 2 aromatic heterocycles. The number of aryl methyl sites for hydroxylation is 2. The minimum Gasteiger partial charge on any atom is -0.352 e. The van der Waals surface area contributed by atoms with Crippen LogP contribution in [-0.4, -0.2) is 52.2 Å². The fourth-order valence-corrected chi connectivity index (χ4v) is 4.16. The van der Waals surface area contributed by atoms with Crippen LogP contribution in [0.5, 0.6) is 0 Å². The van der Waals surface area contributed by atoms with Gasteiger partial charge < -0.3 is 9.80 Å². The van der Waals surface area contributed by atoms with Gasteiger partial charge in [0.15, 0.2) is 5.82 Å². The first-order valence-electron chi connectivity index (χ1n) is 8.99. The van der Waals surface area contributed by atoms with E-state index in [2.05, 4.69) is 20.1 Å². The molecule has 27 heavy (non-hydrogen) atoms. The molecule has 0 unspecified atom stereocenters.